The third-order valence-electron chi connectivity index (χ3n) is 9.87. The first-order valence-corrected chi connectivity index (χ1v) is 16.6. The van der Waals surface area contributed by atoms with Crippen LogP contribution in [-0.4, -0.2) is 13.5 Å². The van der Waals surface area contributed by atoms with Gasteiger partial charge in [0.15, 0.2) is 0 Å². The molecule has 0 fully saturated rings. The first-order chi connectivity index (χ1) is 24.3. The average molecular weight is 628 g/mol. The second kappa shape index (κ2) is 10.7. The van der Waals surface area contributed by atoms with Crippen molar-refractivity contribution in [1.29, 1.82) is 0 Å². The molecule has 49 heavy (non-hydrogen) atoms. The number of hydrogen-bond donors (Lipinski definition) is 0. The third kappa shape index (κ3) is 4.07. The van der Waals surface area contributed by atoms with Gasteiger partial charge in [-0.25, -0.2) is 0 Å². The summed E-state index contributed by atoms with van der Waals surface area (Å²) in [6.45, 7) is 0. The molecule has 10 rings (SSSR count). The molecule has 0 aliphatic heterocycles. The van der Waals surface area contributed by atoms with Gasteiger partial charge in [0.05, 0.1) is 27.6 Å². The Hall–Kier alpha value is -6.65. The maximum Gasteiger partial charge on any atom is 0.280 e. The molecule has 0 bridgehead atoms. The molecular weight excluding hydrogens is 599 g/mol. The molecule has 3 aromatic heterocycles. The molecule has 4 nitrogen and oxygen atoms in total. The van der Waals surface area contributed by atoms with Gasteiger partial charge in [0, 0.05) is 33.1 Å². The van der Waals surface area contributed by atoms with Gasteiger partial charge < -0.3 is 8.97 Å². The Balaban J connectivity index is 1.11. The molecule has 7 aromatic carbocycles. The normalized spacial score (nSPS) is 11.8. The van der Waals surface area contributed by atoms with Crippen LogP contribution in [-0.2, 0) is 0 Å². The number of rotatable bonds is 4. The maximum absolute atomic E-state index is 14.7. The molecule has 0 aliphatic rings. The highest BCUT2D eigenvalue weighted by Gasteiger charge is 2.21. The summed E-state index contributed by atoms with van der Waals surface area (Å²) in [6, 6.07) is 61.0. The van der Waals surface area contributed by atoms with Crippen LogP contribution in [0, 0.1) is 0 Å². The molecule has 10 aromatic rings. The minimum atomic E-state index is -0.0444. The van der Waals surface area contributed by atoms with Gasteiger partial charge in [-0.05, 0) is 71.3 Å². The summed E-state index contributed by atoms with van der Waals surface area (Å²) in [4.78, 5) is 14.7. The molecule has 0 amide bonds. The van der Waals surface area contributed by atoms with Crippen LogP contribution in [0.25, 0.3) is 82.9 Å². The van der Waals surface area contributed by atoms with E-state index in [4.69, 9.17) is 0 Å². The van der Waals surface area contributed by atoms with Crippen molar-refractivity contribution in [3.8, 4) is 33.6 Å². The fourth-order valence-electron chi connectivity index (χ4n) is 7.71. The summed E-state index contributed by atoms with van der Waals surface area (Å²) in [5.41, 5.74) is 12.1. The zero-order chi connectivity index (χ0) is 32.5. The summed E-state index contributed by atoms with van der Waals surface area (Å²) >= 11 is 0. The van der Waals surface area contributed by atoms with Crippen LogP contribution in [0.15, 0.2) is 181 Å². The Morgan fingerprint density at radius 3 is 1.37 bits per heavy atom. The van der Waals surface area contributed by atoms with E-state index in [1.165, 1.54) is 21.8 Å². The molecule has 0 radical (unpaired) electrons. The van der Waals surface area contributed by atoms with Gasteiger partial charge >= 0.3 is 0 Å². The monoisotopic (exact) mass is 627 g/mol. The number of benzene rings is 7. The van der Waals surface area contributed by atoms with E-state index >= 15 is 0 Å². The molecule has 0 aliphatic carbocycles. The Kier molecular flexibility index (Phi) is 5.99. The van der Waals surface area contributed by atoms with E-state index in [2.05, 4.69) is 136 Å². The highest BCUT2D eigenvalue weighted by atomic mass is 16.1. The fourth-order valence-corrected chi connectivity index (χ4v) is 7.71. The molecule has 0 N–H and O–H groups in total. The molecule has 230 valence electrons. The van der Waals surface area contributed by atoms with Gasteiger partial charge in [-0.1, -0.05) is 121 Å². The second-order valence-electron chi connectivity index (χ2n) is 12.5. The Morgan fingerprint density at radius 1 is 0.327 bits per heavy atom. The first kappa shape index (κ1) is 27.5. The standard InChI is InChI=1S/C45H29N3O/c49-45-44-43(32-12-2-1-3-13-32)37-16-6-9-19-40(37)48(44)42-21-11-10-20-41(42)47(45)34-28-24-31(25-29-34)30-22-26-33(27-23-30)46-38-17-7-4-14-35(38)36-15-5-8-18-39(36)46/h1-29H. The van der Waals surface area contributed by atoms with Crippen LogP contribution in [0.1, 0.15) is 0 Å². The highest BCUT2D eigenvalue weighted by molar-refractivity contribution is 6.10. The number of para-hydroxylation sites is 5. The number of hydrogen-bond acceptors (Lipinski definition) is 1. The van der Waals surface area contributed by atoms with Crippen LogP contribution in [0.3, 0.4) is 0 Å². The number of nitrogens with zero attached hydrogens (tertiary/aromatic N) is 3. The van der Waals surface area contributed by atoms with Crippen molar-refractivity contribution in [2.45, 2.75) is 0 Å². The van der Waals surface area contributed by atoms with E-state index in [1.54, 1.807) is 0 Å². The lowest BCUT2D eigenvalue weighted by molar-refractivity contribution is 1.03. The largest absolute Gasteiger partial charge is 0.309 e. The summed E-state index contributed by atoms with van der Waals surface area (Å²) in [5, 5.41) is 3.57. The smallest absolute Gasteiger partial charge is 0.280 e. The van der Waals surface area contributed by atoms with E-state index in [0.717, 1.165) is 55.6 Å². The van der Waals surface area contributed by atoms with Gasteiger partial charge in [-0.2, -0.15) is 0 Å². The van der Waals surface area contributed by atoms with Gasteiger partial charge in [0.2, 0.25) is 0 Å². The lowest BCUT2D eigenvalue weighted by Gasteiger charge is -2.15. The summed E-state index contributed by atoms with van der Waals surface area (Å²) in [7, 11) is 0. The van der Waals surface area contributed by atoms with Crippen LogP contribution >= 0.6 is 0 Å². The van der Waals surface area contributed by atoms with Gasteiger partial charge in [0.1, 0.15) is 5.52 Å². The Bertz CT molecular complexity index is 2870. The lowest BCUT2D eigenvalue weighted by atomic mass is 10.0. The van der Waals surface area contributed by atoms with Gasteiger partial charge in [0.25, 0.3) is 5.56 Å². The zero-order valence-electron chi connectivity index (χ0n) is 26.5. The average Bonchev–Trinajstić information content (AvgIpc) is 3.70. The molecule has 0 saturated heterocycles. The quantitative estimate of drug-likeness (QED) is 0.191. The molecule has 0 saturated carbocycles. The Labute approximate surface area is 282 Å². The minimum absolute atomic E-state index is 0.0444. The predicted molar refractivity (Wildman–Crippen MR) is 203 cm³/mol. The summed E-state index contributed by atoms with van der Waals surface area (Å²) in [6.07, 6.45) is 0. The second-order valence-corrected chi connectivity index (χ2v) is 12.5. The third-order valence-corrected chi connectivity index (χ3v) is 9.87. The highest BCUT2D eigenvalue weighted by Crippen LogP contribution is 2.37. The van der Waals surface area contributed by atoms with Crippen molar-refractivity contribution < 1.29 is 0 Å². The predicted octanol–water partition coefficient (Wildman–Crippen LogP) is 10.8. The van der Waals surface area contributed by atoms with Crippen molar-refractivity contribution in [3.63, 3.8) is 0 Å². The SMILES string of the molecule is O=c1c2c(-c3ccccc3)c3ccccc3n2c2ccccc2n1-c1ccc(-c2ccc(-n3c4ccccc4c4ccccc43)cc2)cc1. The lowest BCUT2D eigenvalue weighted by Crippen LogP contribution is -2.21. The van der Waals surface area contributed by atoms with E-state index in [-0.39, 0.29) is 5.56 Å². The van der Waals surface area contributed by atoms with Crippen LogP contribution in [0.4, 0.5) is 0 Å². The minimum Gasteiger partial charge on any atom is -0.309 e. The molecule has 3 heterocycles. The van der Waals surface area contributed by atoms with Crippen molar-refractivity contribution >= 4 is 49.3 Å². The van der Waals surface area contributed by atoms with E-state index in [9.17, 15) is 4.79 Å². The summed E-state index contributed by atoms with van der Waals surface area (Å²) in [5.74, 6) is 0. The number of fused-ring (bicyclic) bond motifs is 8. The maximum atomic E-state index is 14.7. The van der Waals surface area contributed by atoms with Crippen LogP contribution < -0.4 is 5.56 Å². The zero-order valence-corrected chi connectivity index (χ0v) is 26.5. The Morgan fingerprint density at radius 2 is 0.776 bits per heavy atom. The molecular formula is C45H29N3O. The van der Waals surface area contributed by atoms with Crippen LogP contribution in [0.5, 0.6) is 0 Å². The van der Waals surface area contributed by atoms with E-state index in [0.29, 0.717) is 5.52 Å². The molecule has 4 heteroatoms. The topological polar surface area (TPSA) is 31.3 Å². The van der Waals surface area contributed by atoms with Crippen LogP contribution in [0.2, 0.25) is 0 Å². The first-order valence-electron chi connectivity index (χ1n) is 16.6. The van der Waals surface area contributed by atoms with Gasteiger partial charge in [-0.15, -0.1) is 0 Å². The molecule has 0 atom stereocenters. The molecule has 0 unspecified atom stereocenters. The summed E-state index contributed by atoms with van der Waals surface area (Å²) < 4.78 is 6.34. The van der Waals surface area contributed by atoms with E-state index in [1.807, 2.05) is 53.1 Å². The molecule has 0 spiro atoms. The van der Waals surface area contributed by atoms with E-state index < -0.39 is 0 Å². The number of aromatic nitrogens is 3. The van der Waals surface area contributed by atoms with Gasteiger partial charge in [-0.3, -0.25) is 9.36 Å². The fraction of sp³-hybridized carbons (Fsp3) is 0. The van der Waals surface area contributed by atoms with Crippen molar-refractivity contribution in [2.75, 3.05) is 0 Å². The van der Waals surface area contributed by atoms with Crippen molar-refractivity contribution in [3.05, 3.63) is 186 Å². The van der Waals surface area contributed by atoms with Crippen molar-refractivity contribution in [2.24, 2.45) is 0 Å². The van der Waals surface area contributed by atoms with Crippen molar-refractivity contribution in [1.82, 2.24) is 13.5 Å².